The molecule has 2 N–H and O–H groups in total. The molecule has 6 nitrogen and oxygen atoms in total. The second-order valence-corrected chi connectivity index (χ2v) is 5.04. The minimum atomic E-state index is -1.44. The number of esters is 1. The molecule has 0 aliphatic heterocycles. The molecule has 0 saturated carbocycles. The Morgan fingerprint density at radius 2 is 1.55 bits per heavy atom. The van der Waals surface area contributed by atoms with Crippen LogP contribution in [0.2, 0.25) is 0 Å². The van der Waals surface area contributed by atoms with Gasteiger partial charge in [0.15, 0.2) is 0 Å². The van der Waals surface area contributed by atoms with Crippen molar-refractivity contribution in [1.29, 1.82) is 0 Å². The summed E-state index contributed by atoms with van der Waals surface area (Å²) in [6, 6.07) is 9.89. The fourth-order valence-electron chi connectivity index (χ4n) is 1.72. The van der Waals surface area contributed by atoms with Crippen LogP contribution in [0.25, 0.3) is 0 Å². The van der Waals surface area contributed by atoms with Gasteiger partial charge < -0.3 is 14.9 Å². The zero-order chi connectivity index (χ0) is 16.3. The lowest BCUT2D eigenvalue weighted by Crippen LogP contribution is -2.13. The summed E-state index contributed by atoms with van der Waals surface area (Å²) in [5, 5.41) is 18.0. The SMILES string of the molecule is O=C(Oc1ccccc1Br)c1ccc(C(=O)O)c(C(=O)O)c1. The second kappa shape index (κ2) is 6.40. The van der Waals surface area contributed by atoms with E-state index in [0.29, 0.717) is 4.47 Å². The predicted octanol–water partition coefficient (Wildman–Crippen LogP) is 3.06. The van der Waals surface area contributed by atoms with Crippen molar-refractivity contribution < 1.29 is 29.3 Å². The Bertz CT molecular complexity index is 768. The van der Waals surface area contributed by atoms with E-state index in [1.54, 1.807) is 24.3 Å². The highest BCUT2D eigenvalue weighted by Crippen LogP contribution is 2.25. The highest BCUT2D eigenvalue weighted by atomic mass is 79.9. The van der Waals surface area contributed by atoms with Gasteiger partial charge in [-0.05, 0) is 46.3 Å². The molecule has 0 fully saturated rings. The quantitative estimate of drug-likeness (QED) is 0.638. The molecule has 112 valence electrons. The number of halogens is 1. The largest absolute Gasteiger partial charge is 0.478 e. The van der Waals surface area contributed by atoms with E-state index in [-0.39, 0.29) is 11.3 Å². The van der Waals surface area contributed by atoms with Gasteiger partial charge in [0, 0.05) is 0 Å². The fraction of sp³-hybridized carbons (Fsp3) is 0. The van der Waals surface area contributed by atoms with E-state index in [2.05, 4.69) is 15.9 Å². The van der Waals surface area contributed by atoms with E-state index in [1.165, 1.54) is 6.07 Å². The predicted molar refractivity (Wildman–Crippen MR) is 79.5 cm³/mol. The number of rotatable bonds is 4. The summed E-state index contributed by atoms with van der Waals surface area (Å²) in [4.78, 5) is 34.1. The third-order valence-corrected chi connectivity index (χ3v) is 3.41. The van der Waals surface area contributed by atoms with Gasteiger partial charge in [-0.2, -0.15) is 0 Å². The normalized spacial score (nSPS) is 10.0. The number of carboxylic acid groups (broad SMARTS) is 2. The minimum Gasteiger partial charge on any atom is -0.478 e. The van der Waals surface area contributed by atoms with Gasteiger partial charge >= 0.3 is 17.9 Å². The molecule has 22 heavy (non-hydrogen) atoms. The Hall–Kier alpha value is -2.67. The molecule has 2 rings (SSSR count). The lowest BCUT2D eigenvalue weighted by molar-refractivity contribution is 0.0650. The smallest absolute Gasteiger partial charge is 0.343 e. The van der Waals surface area contributed by atoms with Gasteiger partial charge in [0.25, 0.3) is 0 Å². The average molecular weight is 365 g/mol. The molecule has 0 unspecified atom stereocenters. The van der Waals surface area contributed by atoms with E-state index < -0.39 is 29.0 Å². The molecule has 0 aliphatic carbocycles. The molecule has 2 aromatic rings. The fourth-order valence-corrected chi connectivity index (χ4v) is 2.09. The zero-order valence-electron chi connectivity index (χ0n) is 10.9. The first-order valence-corrected chi connectivity index (χ1v) is 6.77. The summed E-state index contributed by atoms with van der Waals surface area (Å²) in [6.07, 6.45) is 0. The summed E-state index contributed by atoms with van der Waals surface area (Å²) in [5.41, 5.74) is -0.933. The van der Waals surface area contributed by atoms with Crippen LogP contribution in [0.3, 0.4) is 0 Å². The Kier molecular flexibility index (Phi) is 4.57. The van der Waals surface area contributed by atoms with Crippen LogP contribution in [0.5, 0.6) is 5.75 Å². The molecule has 0 amide bonds. The molecule has 7 heteroatoms. The number of hydrogen-bond donors (Lipinski definition) is 2. The monoisotopic (exact) mass is 364 g/mol. The van der Waals surface area contributed by atoms with Crippen LogP contribution in [0.4, 0.5) is 0 Å². The highest BCUT2D eigenvalue weighted by Gasteiger charge is 2.19. The summed E-state index contributed by atoms with van der Waals surface area (Å²) in [5.74, 6) is -3.34. The summed E-state index contributed by atoms with van der Waals surface area (Å²) in [7, 11) is 0. The number of hydrogen-bond acceptors (Lipinski definition) is 4. The van der Waals surface area contributed by atoms with E-state index in [1.807, 2.05) is 0 Å². The van der Waals surface area contributed by atoms with Gasteiger partial charge in [0.2, 0.25) is 0 Å². The number of carboxylic acids is 2. The number of benzene rings is 2. The van der Waals surface area contributed by atoms with Crippen LogP contribution in [0, 0.1) is 0 Å². The van der Waals surface area contributed by atoms with Gasteiger partial charge in [-0.25, -0.2) is 14.4 Å². The second-order valence-electron chi connectivity index (χ2n) is 4.19. The molecule has 0 heterocycles. The molecule has 0 spiro atoms. The molecule has 0 aliphatic rings. The number of ether oxygens (including phenoxy) is 1. The van der Waals surface area contributed by atoms with Crippen molar-refractivity contribution in [1.82, 2.24) is 0 Å². The van der Waals surface area contributed by atoms with Crippen molar-refractivity contribution >= 4 is 33.8 Å². The van der Waals surface area contributed by atoms with E-state index in [4.69, 9.17) is 14.9 Å². The van der Waals surface area contributed by atoms with Crippen molar-refractivity contribution in [2.75, 3.05) is 0 Å². The van der Waals surface area contributed by atoms with Crippen LogP contribution in [-0.4, -0.2) is 28.1 Å². The lowest BCUT2D eigenvalue weighted by atomic mass is 10.0. The van der Waals surface area contributed by atoms with E-state index in [9.17, 15) is 14.4 Å². The molecular formula is C15H9BrO6. The summed E-state index contributed by atoms with van der Waals surface area (Å²) >= 11 is 3.22. The Labute approximate surface area is 133 Å². The maximum Gasteiger partial charge on any atom is 0.343 e. The van der Waals surface area contributed by atoms with Gasteiger partial charge in [-0.3, -0.25) is 0 Å². The van der Waals surface area contributed by atoms with E-state index >= 15 is 0 Å². The van der Waals surface area contributed by atoms with Gasteiger partial charge in [-0.1, -0.05) is 12.1 Å². The van der Waals surface area contributed by atoms with Gasteiger partial charge in [0.05, 0.1) is 21.2 Å². The number of para-hydroxylation sites is 1. The molecule has 2 aromatic carbocycles. The van der Waals surface area contributed by atoms with Crippen LogP contribution < -0.4 is 4.74 Å². The molecule has 0 radical (unpaired) electrons. The van der Waals surface area contributed by atoms with Crippen molar-refractivity contribution in [2.24, 2.45) is 0 Å². The van der Waals surface area contributed by atoms with Crippen molar-refractivity contribution in [3.63, 3.8) is 0 Å². The average Bonchev–Trinajstić information content (AvgIpc) is 2.48. The van der Waals surface area contributed by atoms with E-state index in [0.717, 1.165) is 12.1 Å². The lowest BCUT2D eigenvalue weighted by Gasteiger charge is -2.08. The maximum absolute atomic E-state index is 12.0. The molecular weight excluding hydrogens is 356 g/mol. The first kappa shape index (κ1) is 15.7. The van der Waals surface area contributed by atoms with Crippen molar-refractivity contribution in [3.8, 4) is 5.75 Å². The van der Waals surface area contributed by atoms with Gasteiger partial charge in [-0.15, -0.1) is 0 Å². The van der Waals surface area contributed by atoms with Crippen molar-refractivity contribution in [2.45, 2.75) is 0 Å². The molecule has 0 atom stereocenters. The van der Waals surface area contributed by atoms with Crippen molar-refractivity contribution in [3.05, 3.63) is 63.6 Å². The van der Waals surface area contributed by atoms with Crippen LogP contribution in [0.15, 0.2) is 46.9 Å². The van der Waals surface area contributed by atoms with Crippen LogP contribution in [0.1, 0.15) is 31.1 Å². The molecule has 0 aromatic heterocycles. The minimum absolute atomic E-state index is 0.0573. The standard InChI is InChI=1S/C15H9BrO6/c16-11-3-1-2-4-12(11)22-15(21)8-5-6-9(13(17)18)10(7-8)14(19)20/h1-7H,(H,17,18)(H,19,20). The Morgan fingerprint density at radius 1 is 0.909 bits per heavy atom. The number of carbonyl (C=O) groups is 3. The zero-order valence-corrected chi connectivity index (χ0v) is 12.5. The topological polar surface area (TPSA) is 101 Å². The Balaban J connectivity index is 2.35. The molecule has 0 saturated heterocycles. The first-order valence-electron chi connectivity index (χ1n) is 5.97. The Morgan fingerprint density at radius 3 is 2.14 bits per heavy atom. The number of carbonyl (C=O) groups excluding carboxylic acids is 1. The summed E-state index contributed by atoms with van der Waals surface area (Å²) < 4.78 is 5.70. The van der Waals surface area contributed by atoms with Crippen LogP contribution >= 0.6 is 15.9 Å². The third-order valence-electron chi connectivity index (χ3n) is 2.76. The van der Waals surface area contributed by atoms with Crippen LogP contribution in [-0.2, 0) is 0 Å². The number of aromatic carboxylic acids is 2. The third kappa shape index (κ3) is 3.32. The maximum atomic E-state index is 12.0. The molecule has 0 bridgehead atoms. The van der Waals surface area contributed by atoms with Gasteiger partial charge in [0.1, 0.15) is 5.75 Å². The highest BCUT2D eigenvalue weighted by molar-refractivity contribution is 9.10. The first-order chi connectivity index (χ1) is 10.4. The summed E-state index contributed by atoms with van der Waals surface area (Å²) in [6.45, 7) is 0.